The van der Waals surface area contributed by atoms with Gasteiger partial charge >= 0.3 is 0 Å². The normalized spacial score (nSPS) is 15.9. The lowest BCUT2D eigenvalue weighted by molar-refractivity contribution is 0.0963. The van der Waals surface area contributed by atoms with Gasteiger partial charge in [0.15, 0.2) is 17.2 Å². The van der Waals surface area contributed by atoms with Crippen molar-refractivity contribution < 1.29 is 4.74 Å². The predicted octanol–water partition coefficient (Wildman–Crippen LogP) is 3.74. The van der Waals surface area contributed by atoms with Gasteiger partial charge in [-0.1, -0.05) is 23.7 Å². The SMILES string of the molecule is CCN(Cc1ccc(OC)cc1)c1nc(Nc2cc(C#N)cc(N3CC(N4CCN(C)CC4)C3)c2Cl)nn2c(C#N)cnc12. The molecule has 6 rings (SSSR count). The molecule has 12 nitrogen and oxygen atoms in total. The Morgan fingerprint density at radius 2 is 1.84 bits per heavy atom. The number of anilines is 4. The van der Waals surface area contributed by atoms with Crippen molar-refractivity contribution in [3.63, 3.8) is 0 Å². The highest BCUT2D eigenvalue weighted by atomic mass is 35.5. The molecule has 2 aliphatic heterocycles. The van der Waals surface area contributed by atoms with Gasteiger partial charge in [-0.15, -0.1) is 5.10 Å². The first-order valence-electron chi connectivity index (χ1n) is 14.6. The molecule has 226 valence electrons. The number of aromatic nitrogens is 4. The summed E-state index contributed by atoms with van der Waals surface area (Å²) in [6, 6.07) is 16.3. The minimum atomic E-state index is 0.233. The molecule has 2 aromatic heterocycles. The summed E-state index contributed by atoms with van der Waals surface area (Å²) in [5.74, 6) is 1.58. The minimum absolute atomic E-state index is 0.233. The van der Waals surface area contributed by atoms with Crippen molar-refractivity contribution in [3.05, 3.63) is 64.4 Å². The number of nitriles is 2. The number of nitrogens with one attached hydrogen (secondary N) is 1. The molecule has 2 saturated heterocycles. The van der Waals surface area contributed by atoms with Crippen LogP contribution in [-0.4, -0.2) is 95.4 Å². The number of methoxy groups -OCH3 is 1. The Morgan fingerprint density at radius 1 is 1.09 bits per heavy atom. The molecule has 2 fully saturated rings. The van der Waals surface area contributed by atoms with Crippen LogP contribution in [0.3, 0.4) is 0 Å². The third-order valence-corrected chi connectivity index (χ3v) is 8.76. The molecular weight excluding hydrogens is 578 g/mol. The highest BCUT2D eigenvalue weighted by molar-refractivity contribution is 6.36. The Morgan fingerprint density at radius 3 is 2.50 bits per heavy atom. The predicted molar refractivity (Wildman–Crippen MR) is 170 cm³/mol. The van der Waals surface area contributed by atoms with E-state index in [1.165, 1.54) is 10.7 Å². The van der Waals surface area contributed by atoms with Crippen LogP contribution in [0.2, 0.25) is 5.02 Å². The summed E-state index contributed by atoms with van der Waals surface area (Å²) in [5, 5.41) is 28.0. The fraction of sp³-hybridized carbons (Fsp3) is 0.387. The zero-order chi connectivity index (χ0) is 30.8. The van der Waals surface area contributed by atoms with Crippen molar-refractivity contribution in [1.29, 1.82) is 10.5 Å². The van der Waals surface area contributed by atoms with E-state index in [-0.39, 0.29) is 11.6 Å². The lowest BCUT2D eigenvalue weighted by Gasteiger charge is -2.49. The molecule has 2 aromatic carbocycles. The summed E-state index contributed by atoms with van der Waals surface area (Å²) in [4.78, 5) is 18.5. The van der Waals surface area contributed by atoms with Gasteiger partial charge in [0.25, 0.3) is 0 Å². The molecular formula is C31H34ClN11O. The number of likely N-dealkylation sites (N-methyl/N-ethyl adjacent to an activating group) is 1. The van der Waals surface area contributed by atoms with Gasteiger partial charge in [-0.05, 0) is 43.8 Å². The van der Waals surface area contributed by atoms with Gasteiger partial charge in [-0.25, -0.2) is 4.98 Å². The van der Waals surface area contributed by atoms with Crippen LogP contribution in [0.4, 0.5) is 23.1 Å². The van der Waals surface area contributed by atoms with Crippen molar-refractivity contribution in [2.75, 3.05) is 75.1 Å². The Bertz CT molecular complexity index is 1730. The summed E-state index contributed by atoms with van der Waals surface area (Å²) < 4.78 is 6.79. The second-order valence-corrected chi connectivity index (χ2v) is 11.5. The molecule has 44 heavy (non-hydrogen) atoms. The van der Waals surface area contributed by atoms with E-state index >= 15 is 0 Å². The summed E-state index contributed by atoms with van der Waals surface area (Å²) in [7, 11) is 3.80. The Kier molecular flexibility index (Phi) is 8.40. The van der Waals surface area contributed by atoms with Gasteiger partial charge in [-0.2, -0.15) is 20.0 Å². The Labute approximate surface area is 261 Å². The lowest BCUT2D eigenvalue weighted by Crippen LogP contribution is -2.63. The number of hydrogen-bond acceptors (Lipinski definition) is 11. The van der Waals surface area contributed by atoms with E-state index in [0.29, 0.717) is 46.9 Å². The lowest BCUT2D eigenvalue weighted by atomic mass is 10.0. The summed E-state index contributed by atoms with van der Waals surface area (Å²) in [5.41, 5.74) is 3.60. The fourth-order valence-electron chi connectivity index (χ4n) is 5.68. The fourth-order valence-corrected chi connectivity index (χ4v) is 5.96. The number of benzene rings is 2. The van der Waals surface area contributed by atoms with E-state index in [2.05, 4.69) is 54.2 Å². The highest BCUT2D eigenvalue weighted by Crippen LogP contribution is 2.38. The quantitative estimate of drug-likeness (QED) is 0.297. The van der Waals surface area contributed by atoms with E-state index in [0.717, 1.165) is 56.3 Å². The van der Waals surface area contributed by atoms with Gasteiger partial charge in [0.2, 0.25) is 5.95 Å². The zero-order valence-corrected chi connectivity index (χ0v) is 25.8. The number of halogens is 1. The summed E-state index contributed by atoms with van der Waals surface area (Å²) in [6.07, 6.45) is 1.49. The summed E-state index contributed by atoms with van der Waals surface area (Å²) >= 11 is 6.98. The first-order valence-corrected chi connectivity index (χ1v) is 15.0. The first kappa shape index (κ1) is 29.5. The van der Waals surface area contributed by atoms with Crippen LogP contribution in [-0.2, 0) is 6.54 Å². The van der Waals surface area contributed by atoms with E-state index < -0.39 is 0 Å². The standard InChI is InChI=1S/C31H34ClN11O/c1-4-40(18-21-5-7-25(44-3)8-6-21)30-29-35-17-23(16-34)43(29)38-31(37-30)36-26-13-22(15-33)14-27(28(26)32)42-19-24(20-42)41-11-9-39(2)10-12-41/h5-8,13-14,17,24H,4,9-12,18-20H2,1-3H3,(H,36,38). The van der Waals surface area contributed by atoms with Crippen LogP contribution in [0, 0.1) is 22.7 Å². The van der Waals surface area contributed by atoms with Crippen LogP contribution in [0.15, 0.2) is 42.6 Å². The molecule has 0 unspecified atom stereocenters. The second kappa shape index (κ2) is 12.5. The van der Waals surface area contributed by atoms with Gasteiger partial charge in [0.1, 0.15) is 11.8 Å². The van der Waals surface area contributed by atoms with Gasteiger partial charge in [0, 0.05) is 58.4 Å². The number of ether oxygens (including phenoxy) is 1. The number of piperazine rings is 1. The smallest absolute Gasteiger partial charge is 0.247 e. The maximum atomic E-state index is 9.85. The van der Waals surface area contributed by atoms with Gasteiger partial charge in [-0.3, -0.25) is 4.90 Å². The first-order chi connectivity index (χ1) is 21.4. The Hall–Kier alpha value is -4.62. The molecule has 1 N–H and O–H groups in total. The molecule has 0 aliphatic carbocycles. The third kappa shape index (κ3) is 5.80. The monoisotopic (exact) mass is 611 g/mol. The molecule has 0 radical (unpaired) electrons. The number of imidazole rings is 1. The van der Waals surface area contributed by atoms with Crippen molar-refractivity contribution in [2.24, 2.45) is 0 Å². The highest BCUT2D eigenvalue weighted by Gasteiger charge is 2.34. The van der Waals surface area contributed by atoms with Gasteiger partial charge in [0.05, 0.1) is 41.3 Å². The van der Waals surface area contributed by atoms with Crippen molar-refractivity contribution >= 4 is 40.4 Å². The van der Waals surface area contributed by atoms with Crippen molar-refractivity contribution in [1.82, 2.24) is 29.4 Å². The second-order valence-electron chi connectivity index (χ2n) is 11.1. The topological polar surface area (TPSA) is 125 Å². The molecule has 0 saturated carbocycles. The van der Waals surface area contributed by atoms with Crippen molar-refractivity contribution in [2.45, 2.75) is 19.5 Å². The summed E-state index contributed by atoms with van der Waals surface area (Å²) in [6.45, 7) is 9.17. The molecule has 2 aliphatic rings. The van der Waals surface area contributed by atoms with Crippen LogP contribution in [0.5, 0.6) is 5.75 Å². The number of nitrogens with zero attached hydrogens (tertiary/aromatic N) is 10. The van der Waals surface area contributed by atoms with Crippen LogP contribution < -0.4 is 19.9 Å². The molecule has 0 amide bonds. The van der Waals surface area contributed by atoms with E-state index in [4.69, 9.17) is 21.3 Å². The molecule has 0 spiro atoms. The molecule has 0 atom stereocenters. The number of rotatable bonds is 9. The van der Waals surface area contributed by atoms with E-state index in [1.807, 2.05) is 37.3 Å². The Balaban J connectivity index is 1.30. The largest absolute Gasteiger partial charge is 0.497 e. The van der Waals surface area contributed by atoms with E-state index in [9.17, 15) is 10.5 Å². The zero-order valence-electron chi connectivity index (χ0n) is 25.0. The van der Waals surface area contributed by atoms with Crippen molar-refractivity contribution in [3.8, 4) is 17.9 Å². The molecule has 13 heteroatoms. The molecule has 4 aromatic rings. The molecule has 4 heterocycles. The third-order valence-electron chi connectivity index (χ3n) is 8.36. The maximum Gasteiger partial charge on any atom is 0.247 e. The minimum Gasteiger partial charge on any atom is -0.497 e. The van der Waals surface area contributed by atoms with Gasteiger partial charge < -0.3 is 24.8 Å². The van der Waals surface area contributed by atoms with Crippen LogP contribution in [0.1, 0.15) is 23.7 Å². The van der Waals surface area contributed by atoms with Crippen LogP contribution in [0.25, 0.3) is 5.65 Å². The van der Waals surface area contributed by atoms with Crippen LogP contribution >= 0.6 is 11.6 Å². The number of fused-ring (bicyclic) bond motifs is 1. The van der Waals surface area contributed by atoms with E-state index in [1.54, 1.807) is 13.2 Å². The average molecular weight is 612 g/mol. The molecule has 0 bridgehead atoms. The number of hydrogen-bond donors (Lipinski definition) is 1. The average Bonchev–Trinajstić information content (AvgIpc) is 3.44. The maximum absolute atomic E-state index is 9.85.